The van der Waals surface area contributed by atoms with E-state index in [4.69, 9.17) is 0 Å². The van der Waals surface area contributed by atoms with Crippen LogP contribution in [0.25, 0.3) is 0 Å². The summed E-state index contributed by atoms with van der Waals surface area (Å²) < 4.78 is 0. The van der Waals surface area contributed by atoms with Crippen molar-refractivity contribution < 1.29 is 0 Å². The van der Waals surface area contributed by atoms with Gasteiger partial charge in [-0.25, -0.2) is 10.4 Å². The first kappa shape index (κ1) is 11.5. The van der Waals surface area contributed by atoms with Gasteiger partial charge >= 0.3 is 0 Å². The van der Waals surface area contributed by atoms with Crippen LogP contribution in [0.5, 0.6) is 0 Å². The lowest BCUT2D eigenvalue weighted by atomic mass is 9.96. The molecule has 1 aliphatic rings. The van der Waals surface area contributed by atoms with Gasteiger partial charge in [0.1, 0.15) is 5.66 Å². The maximum absolute atomic E-state index is 3.48. The van der Waals surface area contributed by atoms with Crippen LogP contribution >= 0.6 is 0 Å². The average Bonchev–Trinajstić information content (AvgIpc) is 3.01. The summed E-state index contributed by atoms with van der Waals surface area (Å²) in [5.41, 5.74) is 6.34. The van der Waals surface area contributed by atoms with Crippen molar-refractivity contribution in [1.82, 2.24) is 10.4 Å². The van der Waals surface area contributed by atoms with Gasteiger partial charge in [0.15, 0.2) is 0 Å². The Morgan fingerprint density at radius 2 is 1.22 bits per heavy atom. The highest BCUT2D eigenvalue weighted by Crippen LogP contribution is 2.31. The van der Waals surface area contributed by atoms with Crippen LogP contribution in [0.15, 0.2) is 60.7 Å². The number of nitrogens with one attached hydrogen (secondary N) is 1. The third-order valence-corrected chi connectivity index (χ3v) is 3.65. The highest BCUT2D eigenvalue weighted by Gasteiger charge is 2.48. The number of likely N-dealkylation sites (N-methyl/N-ethyl adjacent to an activating group) is 1. The number of nitrogens with zero attached hydrogens (tertiary/aromatic N) is 1. The summed E-state index contributed by atoms with van der Waals surface area (Å²) in [4.78, 5) is 0. The van der Waals surface area contributed by atoms with Gasteiger partial charge in [0.2, 0.25) is 0 Å². The molecule has 2 aromatic carbocycles. The molecule has 1 unspecified atom stereocenters. The predicted molar refractivity (Wildman–Crippen MR) is 73.9 cm³/mol. The van der Waals surface area contributed by atoms with E-state index in [1.54, 1.807) is 0 Å². The molecule has 1 N–H and O–H groups in total. The van der Waals surface area contributed by atoms with E-state index in [2.05, 4.69) is 78.1 Å². The summed E-state index contributed by atoms with van der Waals surface area (Å²) in [6.07, 6.45) is 2.08. The van der Waals surface area contributed by atoms with Crippen LogP contribution in [0, 0.1) is 0 Å². The van der Waals surface area contributed by atoms with Crippen molar-refractivity contribution in [3.63, 3.8) is 0 Å². The van der Waals surface area contributed by atoms with Gasteiger partial charge in [-0.2, -0.15) is 0 Å². The fourth-order valence-corrected chi connectivity index (χ4v) is 2.53. The van der Waals surface area contributed by atoms with E-state index in [1.165, 1.54) is 11.1 Å². The van der Waals surface area contributed by atoms with Crippen molar-refractivity contribution in [3.8, 4) is 0 Å². The van der Waals surface area contributed by atoms with Gasteiger partial charge in [0, 0.05) is 19.9 Å². The zero-order chi connectivity index (χ0) is 12.4. The first-order valence-corrected chi connectivity index (χ1v) is 6.38. The van der Waals surface area contributed by atoms with E-state index in [1.807, 2.05) is 0 Å². The lowest BCUT2D eigenvalue weighted by molar-refractivity contribution is 0.456. The van der Waals surface area contributed by atoms with Gasteiger partial charge < -0.3 is 0 Å². The predicted octanol–water partition coefficient (Wildman–Crippen LogP) is 2.62. The Kier molecular flexibility index (Phi) is 2.90. The van der Waals surface area contributed by atoms with Gasteiger partial charge in [-0.15, -0.1) is 0 Å². The molecule has 1 aliphatic heterocycles. The molecule has 0 aromatic heterocycles. The summed E-state index contributed by atoms with van der Waals surface area (Å²) in [6.45, 7) is 0. The standard InChI is InChI=1S/C16H18N2/c1-18-16(17-18,12-14-8-4-2-5-9-14)13-15-10-6-3-7-11-15/h2-11,17H,12-13H2,1H3. The monoisotopic (exact) mass is 238 g/mol. The molecular formula is C16H18N2. The molecule has 2 heteroatoms. The molecule has 0 amide bonds. The highest BCUT2D eigenvalue weighted by molar-refractivity contribution is 5.24. The molecule has 3 rings (SSSR count). The van der Waals surface area contributed by atoms with Crippen LogP contribution in [0.2, 0.25) is 0 Å². The molecule has 0 saturated carbocycles. The number of hydrazine groups is 1. The van der Waals surface area contributed by atoms with E-state index in [0.717, 1.165) is 12.8 Å². The molecule has 2 nitrogen and oxygen atoms in total. The molecule has 1 atom stereocenters. The summed E-state index contributed by atoms with van der Waals surface area (Å²) >= 11 is 0. The normalized spacial score (nSPS) is 20.6. The number of rotatable bonds is 4. The molecule has 18 heavy (non-hydrogen) atoms. The van der Waals surface area contributed by atoms with Crippen LogP contribution < -0.4 is 5.43 Å². The van der Waals surface area contributed by atoms with Gasteiger partial charge in [-0.3, -0.25) is 0 Å². The Morgan fingerprint density at radius 1 is 0.833 bits per heavy atom. The number of hydrogen-bond donors (Lipinski definition) is 1. The second-order valence-electron chi connectivity index (χ2n) is 5.03. The van der Waals surface area contributed by atoms with Crippen molar-refractivity contribution in [2.45, 2.75) is 18.5 Å². The Hall–Kier alpha value is -1.64. The quantitative estimate of drug-likeness (QED) is 0.828. The highest BCUT2D eigenvalue weighted by atomic mass is 15.8. The van der Waals surface area contributed by atoms with Gasteiger partial charge in [-0.05, 0) is 11.1 Å². The average molecular weight is 238 g/mol. The molecule has 0 aliphatic carbocycles. The van der Waals surface area contributed by atoms with Crippen LogP contribution in [-0.2, 0) is 12.8 Å². The van der Waals surface area contributed by atoms with Gasteiger partial charge in [0.05, 0.1) is 0 Å². The van der Waals surface area contributed by atoms with Crippen molar-refractivity contribution in [2.75, 3.05) is 7.05 Å². The Bertz CT molecular complexity index is 466. The Balaban J connectivity index is 1.76. The Labute approximate surface area is 108 Å². The minimum atomic E-state index is 0.0999. The molecule has 2 aromatic rings. The van der Waals surface area contributed by atoms with E-state index < -0.39 is 0 Å². The molecule has 1 saturated heterocycles. The van der Waals surface area contributed by atoms with Crippen LogP contribution in [0.1, 0.15) is 11.1 Å². The number of hydrogen-bond acceptors (Lipinski definition) is 2. The third-order valence-electron chi connectivity index (χ3n) is 3.65. The lowest BCUT2D eigenvalue weighted by Crippen LogP contribution is -2.25. The molecule has 0 radical (unpaired) electrons. The Morgan fingerprint density at radius 3 is 1.56 bits per heavy atom. The van der Waals surface area contributed by atoms with Crippen LogP contribution in [0.3, 0.4) is 0 Å². The van der Waals surface area contributed by atoms with E-state index in [9.17, 15) is 0 Å². The molecule has 92 valence electrons. The second kappa shape index (κ2) is 4.56. The van der Waals surface area contributed by atoms with Crippen molar-refractivity contribution in [3.05, 3.63) is 71.8 Å². The number of benzene rings is 2. The molecule has 1 heterocycles. The van der Waals surface area contributed by atoms with Gasteiger partial charge in [-0.1, -0.05) is 60.7 Å². The van der Waals surface area contributed by atoms with Crippen LogP contribution in [-0.4, -0.2) is 17.7 Å². The topological polar surface area (TPSA) is 25.0 Å². The van der Waals surface area contributed by atoms with Crippen molar-refractivity contribution in [2.24, 2.45) is 0 Å². The molecule has 1 fully saturated rings. The largest absolute Gasteiger partial charge is 0.232 e. The zero-order valence-corrected chi connectivity index (χ0v) is 10.6. The smallest absolute Gasteiger partial charge is 0.105 e. The fraction of sp³-hybridized carbons (Fsp3) is 0.250. The van der Waals surface area contributed by atoms with Crippen molar-refractivity contribution >= 4 is 0 Å². The summed E-state index contributed by atoms with van der Waals surface area (Å²) in [6, 6.07) is 21.3. The van der Waals surface area contributed by atoms with Gasteiger partial charge in [0.25, 0.3) is 0 Å². The van der Waals surface area contributed by atoms with Crippen molar-refractivity contribution in [1.29, 1.82) is 0 Å². The summed E-state index contributed by atoms with van der Waals surface area (Å²) in [7, 11) is 2.12. The van der Waals surface area contributed by atoms with Crippen LogP contribution in [0.4, 0.5) is 0 Å². The SMILES string of the molecule is CN1NC1(Cc1ccccc1)Cc1ccccc1. The maximum Gasteiger partial charge on any atom is 0.105 e. The first-order valence-electron chi connectivity index (χ1n) is 6.38. The maximum atomic E-state index is 3.48. The molecule has 0 bridgehead atoms. The zero-order valence-electron chi connectivity index (χ0n) is 10.6. The third kappa shape index (κ3) is 2.30. The van der Waals surface area contributed by atoms with E-state index in [-0.39, 0.29) is 5.66 Å². The van der Waals surface area contributed by atoms with E-state index in [0.29, 0.717) is 0 Å². The summed E-state index contributed by atoms with van der Waals surface area (Å²) in [5, 5.41) is 2.22. The summed E-state index contributed by atoms with van der Waals surface area (Å²) in [5.74, 6) is 0. The first-order chi connectivity index (χ1) is 8.78. The minimum Gasteiger partial charge on any atom is -0.232 e. The second-order valence-corrected chi connectivity index (χ2v) is 5.03. The van der Waals surface area contributed by atoms with E-state index >= 15 is 0 Å². The lowest BCUT2D eigenvalue weighted by Gasteiger charge is -2.14. The minimum absolute atomic E-state index is 0.0999. The molecular weight excluding hydrogens is 220 g/mol. The fourth-order valence-electron chi connectivity index (χ4n) is 2.53. The molecule has 0 spiro atoms.